The first-order chi connectivity index (χ1) is 16.8. The van der Waals surface area contributed by atoms with Crippen molar-refractivity contribution in [1.82, 2.24) is 4.90 Å². The number of ether oxygens (including phenoxy) is 2. The van der Waals surface area contributed by atoms with Crippen LogP contribution in [0.1, 0.15) is 47.1 Å². The highest BCUT2D eigenvalue weighted by Crippen LogP contribution is 2.38. The number of nitrogens with zero attached hydrogens (tertiary/aromatic N) is 1. The molecule has 3 aromatic carbocycles. The minimum Gasteiger partial charge on any atom is -0.493 e. The van der Waals surface area contributed by atoms with Crippen molar-refractivity contribution >= 4 is 30.1 Å². The summed E-state index contributed by atoms with van der Waals surface area (Å²) in [6.45, 7) is 3.34. The molecule has 5 rings (SSSR count). The summed E-state index contributed by atoms with van der Waals surface area (Å²) >= 11 is 0. The number of benzene rings is 3. The molecular formula is C31H34ClNO2. The van der Waals surface area contributed by atoms with E-state index in [0.29, 0.717) is 0 Å². The predicted molar refractivity (Wildman–Crippen MR) is 149 cm³/mol. The zero-order valence-electron chi connectivity index (χ0n) is 20.6. The summed E-state index contributed by atoms with van der Waals surface area (Å²) in [7, 11) is 3.42. The van der Waals surface area contributed by atoms with Gasteiger partial charge in [0, 0.05) is 13.1 Å². The van der Waals surface area contributed by atoms with E-state index in [-0.39, 0.29) is 12.4 Å². The molecule has 0 bridgehead atoms. The van der Waals surface area contributed by atoms with Crippen LogP contribution in [0.4, 0.5) is 0 Å². The highest BCUT2D eigenvalue weighted by Gasteiger charge is 2.22. The van der Waals surface area contributed by atoms with Crippen LogP contribution in [-0.4, -0.2) is 38.8 Å². The average Bonchev–Trinajstić information content (AvgIpc) is 3.06. The molecular weight excluding hydrogens is 454 g/mol. The molecule has 1 saturated heterocycles. The number of piperidine rings is 1. The maximum Gasteiger partial charge on any atom is 0.163 e. The summed E-state index contributed by atoms with van der Waals surface area (Å²) < 4.78 is 11.1. The molecule has 182 valence electrons. The third kappa shape index (κ3) is 5.32. The first kappa shape index (κ1) is 25.1. The van der Waals surface area contributed by atoms with Crippen LogP contribution in [-0.2, 0) is 6.42 Å². The van der Waals surface area contributed by atoms with Crippen LogP contribution < -0.4 is 9.47 Å². The molecule has 2 aliphatic rings. The Hall–Kier alpha value is -3.01. The number of hydrogen-bond acceptors (Lipinski definition) is 3. The van der Waals surface area contributed by atoms with Gasteiger partial charge in [0.1, 0.15) is 0 Å². The molecule has 0 spiro atoms. The zero-order valence-corrected chi connectivity index (χ0v) is 21.4. The second-order valence-electron chi connectivity index (χ2n) is 9.08. The predicted octanol–water partition coefficient (Wildman–Crippen LogP) is 7.14. The van der Waals surface area contributed by atoms with Crippen LogP contribution in [0.25, 0.3) is 17.7 Å². The van der Waals surface area contributed by atoms with Gasteiger partial charge in [-0.2, -0.15) is 0 Å². The van der Waals surface area contributed by atoms with Gasteiger partial charge in [-0.1, -0.05) is 78.4 Å². The minimum atomic E-state index is 0. The van der Waals surface area contributed by atoms with E-state index in [1.807, 2.05) is 12.1 Å². The number of methoxy groups -OCH3 is 2. The average molecular weight is 488 g/mol. The van der Waals surface area contributed by atoms with Gasteiger partial charge in [-0.3, -0.25) is 0 Å². The fourth-order valence-corrected chi connectivity index (χ4v) is 5.39. The minimum absolute atomic E-state index is 0. The van der Waals surface area contributed by atoms with E-state index in [4.69, 9.17) is 9.47 Å². The quantitative estimate of drug-likeness (QED) is 0.288. The lowest BCUT2D eigenvalue weighted by Crippen LogP contribution is -2.32. The lowest BCUT2D eigenvalue weighted by Gasteiger charge is -2.30. The largest absolute Gasteiger partial charge is 0.493 e. The van der Waals surface area contributed by atoms with Crippen molar-refractivity contribution in [3.8, 4) is 11.5 Å². The highest BCUT2D eigenvalue weighted by atomic mass is 35.5. The molecule has 1 aliphatic carbocycles. The fraction of sp³-hybridized carbons (Fsp3) is 0.290. The number of hydrogen-bond donors (Lipinski definition) is 0. The second kappa shape index (κ2) is 11.6. The third-order valence-corrected chi connectivity index (χ3v) is 7.12. The Morgan fingerprint density at radius 1 is 0.743 bits per heavy atom. The van der Waals surface area contributed by atoms with Gasteiger partial charge in [0.25, 0.3) is 0 Å². The molecule has 0 aromatic heterocycles. The maximum absolute atomic E-state index is 5.61. The van der Waals surface area contributed by atoms with Gasteiger partial charge in [0.15, 0.2) is 11.5 Å². The van der Waals surface area contributed by atoms with Gasteiger partial charge < -0.3 is 14.4 Å². The molecule has 0 unspecified atom stereocenters. The van der Waals surface area contributed by atoms with Gasteiger partial charge in [-0.25, -0.2) is 0 Å². The molecule has 0 N–H and O–H groups in total. The molecule has 1 aliphatic heterocycles. The Bertz CT molecular complexity index is 1170. The number of fused-ring (bicyclic) bond motifs is 2. The van der Waals surface area contributed by atoms with Crippen LogP contribution in [0.3, 0.4) is 0 Å². The van der Waals surface area contributed by atoms with Gasteiger partial charge >= 0.3 is 0 Å². The summed E-state index contributed by atoms with van der Waals surface area (Å²) in [6.07, 6.45) is 8.90. The van der Waals surface area contributed by atoms with Crippen molar-refractivity contribution < 1.29 is 9.47 Å². The van der Waals surface area contributed by atoms with E-state index >= 15 is 0 Å². The van der Waals surface area contributed by atoms with E-state index in [1.165, 1.54) is 33.4 Å². The van der Waals surface area contributed by atoms with Gasteiger partial charge in [0.05, 0.1) is 14.2 Å². The van der Waals surface area contributed by atoms with Crippen LogP contribution >= 0.6 is 12.4 Å². The molecule has 0 saturated carbocycles. The van der Waals surface area contributed by atoms with Crippen molar-refractivity contribution in [2.75, 3.05) is 33.9 Å². The van der Waals surface area contributed by atoms with Gasteiger partial charge in [0.2, 0.25) is 0 Å². The third-order valence-electron chi connectivity index (χ3n) is 7.12. The van der Waals surface area contributed by atoms with E-state index in [1.54, 1.807) is 19.8 Å². The zero-order chi connectivity index (χ0) is 23.3. The van der Waals surface area contributed by atoms with E-state index in [9.17, 15) is 0 Å². The summed E-state index contributed by atoms with van der Waals surface area (Å²) in [6, 6.07) is 23.8. The van der Waals surface area contributed by atoms with Crippen LogP contribution in [0.5, 0.6) is 11.5 Å². The Morgan fingerprint density at radius 2 is 1.37 bits per heavy atom. The highest BCUT2D eigenvalue weighted by molar-refractivity contribution is 5.94. The smallest absolute Gasteiger partial charge is 0.163 e. The summed E-state index contributed by atoms with van der Waals surface area (Å²) in [5, 5.41) is 0. The summed E-state index contributed by atoms with van der Waals surface area (Å²) in [5.74, 6) is 1.68. The van der Waals surface area contributed by atoms with E-state index in [2.05, 4.69) is 71.6 Å². The van der Waals surface area contributed by atoms with Crippen molar-refractivity contribution in [1.29, 1.82) is 0 Å². The second-order valence-corrected chi connectivity index (χ2v) is 9.08. The number of rotatable bonds is 6. The van der Waals surface area contributed by atoms with Crippen molar-refractivity contribution in [3.05, 3.63) is 100 Å². The fourth-order valence-electron chi connectivity index (χ4n) is 5.39. The maximum atomic E-state index is 5.61. The van der Waals surface area contributed by atoms with Crippen LogP contribution in [0.15, 0.2) is 72.3 Å². The first-order valence-electron chi connectivity index (χ1n) is 12.3. The van der Waals surface area contributed by atoms with E-state index in [0.717, 1.165) is 56.8 Å². The molecule has 0 atom stereocenters. The van der Waals surface area contributed by atoms with Gasteiger partial charge in [-0.15, -0.1) is 12.4 Å². The number of aryl methyl sites for hydroxylation is 1. The van der Waals surface area contributed by atoms with Crippen LogP contribution in [0.2, 0.25) is 0 Å². The van der Waals surface area contributed by atoms with Crippen LogP contribution in [0, 0.1) is 0 Å². The van der Waals surface area contributed by atoms with E-state index < -0.39 is 0 Å². The lowest BCUT2D eigenvalue weighted by atomic mass is 9.86. The van der Waals surface area contributed by atoms with Crippen molar-refractivity contribution in [3.63, 3.8) is 0 Å². The topological polar surface area (TPSA) is 21.7 Å². The molecule has 1 fully saturated rings. The number of likely N-dealkylation sites (tertiary alicyclic amines) is 1. The summed E-state index contributed by atoms with van der Waals surface area (Å²) in [5.41, 5.74) is 9.65. The Balaban J connectivity index is 0.00000289. The normalized spacial score (nSPS) is 15.0. The Labute approximate surface area is 215 Å². The molecule has 1 heterocycles. The molecule has 0 radical (unpaired) electrons. The molecule has 4 heteroatoms. The Kier molecular flexibility index (Phi) is 8.33. The van der Waals surface area contributed by atoms with Gasteiger partial charge in [-0.05, 0) is 71.7 Å². The van der Waals surface area contributed by atoms with Crippen molar-refractivity contribution in [2.24, 2.45) is 0 Å². The van der Waals surface area contributed by atoms with Crippen molar-refractivity contribution in [2.45, 2.75) is 25.7 Å². The number of para-hydroxylation sites is 1. The molecule has 3 nitrogen and oxygen atoms in total. The summed E-state index contributed by atoms with van der Waals surface area (Å²) in [4.78, 5) is 2.61. The monoisotopic (exact) mass is 487 g/mol. The Morgan fingerprint density at radius 3 is 1.97 bits per heavy atom. The molecule has 35 heavy (non-hydrogen) atoms. The standard InChI is InChI=1S/C31H33NO2.ClH/c1-33-29-15-7-11-26(31(29)34-2)12-8-20-32-21-18-25(19-22-32)30-27-13-5-3-9-23(27)16-17-24-10-4-6-14-28(24)30;/h3-7,9-11,13-17H,8,12,18-22H2,1-2H3;1H. The number of halogens is 1. The first-order valence-corrected chi connectivity index (χ1v) is 12.3. The SMILES string of the molecule is COc1cccc(CCCN2CCC(=C3c4ccccc4C=Cc4ccccc43)CC2)c1OC.Cl. The molecule has 0 amide bonds. The molecule has 3 aromatic rings. The lowest BCUT2D eigenvalue weighted by molar-refractivity contribution is 0.253.